The van der Waals surface area contributed by atoms with Crippen molar-refractivity contribution < 1.29 is 4.92 Å². The SMILES string of the molecule is O=[N+]([O-])c1cc2c(c3cn[nH]c13)NC=C(c1ccc3ccccc3c1)N=C2c1ccccc1Cl. The Morgan fingerprint density at radius 2 is 1.71 bits per heavy atom. The number of aromatic amines is 1. The summed E-state index contributed by atoms with van der Waals surface area (Å²) in [4.78, 5) is 16.4. The number of halogens is 1. The van der Waals surface area contributed by atoms with Crippen LogP contribution in [0.15, 0.2) is 90.2 Å². The molecule has 0 atom stereocenters. The summed E-state index contributed by atoms with van der Waals surface area (Å²) in [6, 6.07) is 23.1. The van der Waals surface area contributed by atoms with E-state index in [1.165, 1.54) is 6.07 Å². The van der Waals surface area contributed by atoms with Crippen molar-refractivity contribution in [3.8, 4) is 0 Å². The molecule has 0 spiro atoms. The summed E-state index contributed by atoms with van der Waals surface area (Å²) < 4.78 is 0. The van der Waals surface area contributed by atoms with E-state index in [0.717, 1.165) is 16.3 Å². The second-order valence-corrected chi connectivity index (χ2v) is 8.32. The van der Waals surface area contributed by atoms with Gasteiger partial charge in [0, 0.05) is 34.0 Å². The summed E-state index contributed by atoms with van der Waals surface area (Å²) in [7, 11) is 0. The molecule has 0 bridgehead atoms. The Balaban J connectivity index is 1.64. The highest BCUT2D eigenvalue weighted by Gasteiger charge is 2.26. The molecular formula is C26H16ClN5O2. The third-order valence-corrected chi connectivity index (χ3v) is 6.26. The fraction of sp³-hybridized carbons (Fsp3) is 0. The second-order valence-electron chi connectivity index (χ2n) is 7.91. The lowest BCUT2D eigenvalue weighted by Crippen LogP contribution is -2.07. The summed E-state index contributed by atoms with van der Waals surface area (Å²) in [5.41, 5.74) is 4.30. The number of aromatic nitrogens is 2. The van der Waals surface area contributed by atoms with E-state index in [2.05, 4.69) is 33.7 Å². The number of nitro groups is 1. The van der Waals surface area contributed by atoms with Crippen LogP contribution in [0.5, 0.6) is 0 Å². The number of nitro benzene ring substituents is 1. The molecule has 8 heteroatoms. The molecule has 1 aromatic heterocycles. The number of nitrogens with one attached hydrogen (secondary N) is 2. The molecule has 5 aromatic rings. The van der Waals surface area contributed by atoms with Crippen molar-refractivity contribution >= 4 is 56.1 Å². The van der Waals surface area contributed by atoms with Gasteiger partial charge in [-0.1, -0.05) is 66.2 Å². The van der Waals surface area contributed by atoms with Crippen molar-refractivity contribution in [2.45, 2.75) is 0 Å². The molecule has 0 saturated heterocycles. The predicted molar refractivity (Wildman–Crippen MR) is 135 cm³/mol. The number of aliphatic imine (C=N–C) groups is 1. The lowest BCUT2D eigenvalue weighted by atomic mass is 9.97. The molecule has 7 nitrogen and oxygen atoms in total. The van der Waals surface area contributed by atoms with Crippen LogP contribution in [0.25, 0.3) is 27.4 Å². The molecule has 34 heavy (non-hydrogen) atoms. The van der Waals surface area contributed by atoms with Gasteiger partial charge in [0.1, 0.15) is 5.52 Å². The number of fused-ring (bicyclic) bond motifs is 4. The molecule has 0 amide bonds. The number of anilines is 1. The number of rotatable bonds is 3. The number of H-pyrrole nitrogens is 1. The van der Waals surface area contributed by atoms with E-state index >= 15 is 0 Å². The van der Waals surface area contributed by atoms with Gasteiger partial charge in [-0.3, -0.25) is 15.2 Å². The van der Waals surface area contributed by atoms with Gasteiger partial charge in [0.15, 0.2) is 0 Å². The van der Waals surface area contributed by atoms with Gasteiger partial charge >= 0.3 is 0 Å². The number of hydrogen-bond acceptors (Lipinski definition) is 5. The average molecular weight is 466 g/mol. The van der Waals surface area contributed by atoms with Crippen molar-refractivity contribution in [3.05, 3.63) is 117 Å². The molecule has 0 saturated carbocycles. The van der Waals surface area contributed by atoms with Crippen LogP contribution in [0, 0.1) is 10.1 Å². The van der Waals surface area contributed by atoms with Crippen molar-refractivity contribution in [2.24, 2.45) is 4.99 Å². The van der Waals surface area contributed by atoms with E-state index in [-0.39, 0.29) is 5.69 Å². The minimum Gasteiger partial charge on any atom is -0.359 e. The predicted octanol–water partition coefficient (Wildman–Crippen LogP) is 6.54. The van der Waals surface area contributed by atoms with Crippen molar-refractivity contribution in [3.63, 3.8) is 0 Å². The molecule has 0 fully saturated rings. The Morgan fingerprint density at radius 3 is 2.53 bits per heavy atom. The summed E-state index contributed by atoms with van der Waals surface area (Å²) in [5, 5.41) is 25.3. The quantitative estimate of drug-likeness (QED) is 0.233. The Kier molecular flexibility index (Phi) is 4.64. The largest absolute Gasteiger partial charge is 0.359 e. The standard InChI is InChI=1S/C26H16ClN5O2/c27-21-8-4-3-7-18(21)25-19-12-23(32(33)34)26-20(13-29-31-26)24(19)28-14-22(30-25)17-10-9-15-5-1-2-6-16(15)11-17/h1-14,28H,(H,29,31). The average Bonchev–Trinajstić information content (AvgIpc) is 3.26. The lowest BCUT2D eigenvalue weighted by Gasteiger charge is -2.13. The second kappa shape index (κ2) is 7.83. The fourth-order valence-corrected chi connectivity index (χ4v) is 4.52. The molecule has 0 aliphatic carbocycles. The monoisotopic (exact) mass is 465 g/mol. The fourth-order valence-electron chi connectivity index (χ4n) is 4.29. The van der Waals surface area contributed by atoms with Gasteiger partial charge < -0.3 is 5.32 Å². The lowest BCUT2D eigenvalue weighted by molar-refractivity contribution is -0.383. The van der Waals surface area contributed by atoms with Crippen LogP contribution in [0.3, 0.4) is 0 Å². The number of nitrogens with zero attached hydrogens (tertiary/aromatic N) is 3. The number of hydrogen-bond donors (Lipinski definition) is 2. The molecule has 4 aromatic carbocycles. The van der Waals surface area contributed by atoms with E-state index in [1.54, 1.807) is 12.3 Å². The van der Waals surface area contributed by atoms with Gasteiger partial charge in [-0.15, -0.1) is 0 Å². The van der Waals surface area contributed by atoms with E-state index in [4.69, 9.17) is 16.6 Å². The number of benzene rings is 4. The molecule has 164 valence electrons. The van der Waals surface area contributed by atoms with Crippen LogP contribution in [0.4, 0.5) is 11.4 Å². The van der Waals surface area contributed by atoms with Crippen molar-refractivity contribution in [2.75, 3.05) is 5.32 Å². The number of non-ortho nitro benzene ring substituents is 1. The first kappa shape index (κ1) is 20.1. The molecule has 2 N–H and O–H groups in total. The summed E-state index contributed by atoms with van der Waals surface area (Å²) >= 11 is 6.58. The Morgan fingerprint density at radius 1 is 0.912 bits per heavy atom. The van der Waals surface area contributed by atoms with Gasteiger partial charge in [0.25, 0.3) is 5.69 Å². The summed E-state index contributed by atoms with van der Waals surface area (Å²) in [5.74, 6) is 0. The van der Waals surface area contributed by atoms with E-state index in [0.29, 0.717) is 44.1 Å². The molecule has 1 aliphatic heterocycles. The molecule has 1 aliphatic rings. The maximum atomic E-state index is 11.9. The molecule has 0 unspecified atom stereocenters. The van der Waals surface area contributed by atoms with Gasteiger partial charge in [0.05, 0.1) is 33.6 Å². The zero-order valence-corrected chi connectivity index (χ0v) is 18.4. The Bertz CT molecular complexity index is 1690. The van der Waals surface area contributed by atoms with Crippen LogP contribution in [0.2, 0.25) is 5.02 Å². The summed E-state index contributed by atoms with van der Waals surface area (Å²) in [6.45, 7) is 0. The minimum atomic E-state index is -0.423. The zero-order valence-electron chi connectivity index (χ0n) is 17.6. The normalized spacial score (nSPS) is 13.1. The highest BCUT2D eigenvalue weighted by atomic mass is 35.5. The van der Waals surface area contributed by atoms with Crippen molar-refractivity contribution in [1.29, 1.82) is 0 Å². The highest BCUT2D eigenvalue weighted by Crippen LogP contribution is 2.38. The molecule has 0 radical (unpaired) electrons. The maximum absolute atomic E-state index is 11.9. The molecule has 2 heterocycles. The van der Waals surface area contributed by atoms with Crippen LogP contribution >= 0.6 is 11.6 Å². The summed E-state index contributed by atoms with van der Waals surface area (Å²) in [6.07, 6.45) is 3.39. The van der Waals surface area contributed by atoms with Gasteiger partial charge in [-0.2, -0.15) is 5.10 Å². The Labute approximate surface area is 198 Å². The third kappa shape index (κ3) is 3.22. The Hall–Kier alpha value is -4.49. The topological polar surface area (TPSA) is 96.2 Å². The van der Waals surface area contributed by atoms with Crippen LogP contribution in [-0.4, -0.2) is 20.8 Å². The van der Waals surface area contributed by atoms with Crippen LogP contribution < -0.4 is 5.32 Å². The maximum Gasteiger partial charge on any atom is 0.295 e. The van der Waals surface area contributed by atoms with Crippen molar-refractivity contribution in [1.82, 2.24) is 10.2 Å². The van der Waals surface area contributed by atoms with Gasteiger partial charge in [-0.05, 0) is 22.9 Å². The zero-order chi connectivity index (χ0) is 23.2. The minimum absolute atomic E-state index is 0.0815. The van der Waals surface area contributed by atoms with E-state index in [1.807, 2.05) is 48.7 Å². The molecular weight excluding hydrogens is 450 g/mol. The third-order valence-electron chi connectivity index (χ3n) is 5.93. The van der Waals surface area contributed by atoms with Gasteiger partial charge in [-0.25, -0.2) is 4.99 Å². The van der Waals surface area contributed by atoms with E-state index < -0.39 is 4.92 Å². The van der Waals surface area contributed by atoms with Crippen LogP contribution in [-0.2, 0) is 0 Å². The first-order valence-corrected chi connectivity index (χ1v) is 10.9. The first-order chi connectivity index (χ1) is 16.6. The first-order valence-electron chi connectivity index (χ1n) is 10.5. The van der Waals surface area contributed by atoms with E-state index in [9.17, 15) is 10.1 Å². The van der Waals surface area contributed by atoms with Crippen LogP contribution in [0.1, 0.15) is 16.7 Å². The van der Waals surface area contributed by atoms with Gasteiger partial charge in [0.2, 0.25) is 0 Å². The highest BCUT2D eigenvalue weighted by molar-refractivity contribution is 6.36. The smallest absolute Gasteiger partial charge is 0.295 e. The molecule has 6 rings (SSSR count).